The van der Waals surface area contributed by atoms with Crippen LogP contribution < -0.4 is 0 Å². The highest BCUT2D eigenvalue weighted by Gasteiger charge is 2.56. The van der Waals surface area contributed by atoms with Crippen LogP contribution in [0.4, 0.5) is 26.3 Å². The van der Waals surface area contributed by atoms with Gasteiger partial charge in [-0.25, -0.2) is 4.39 Å². The van der Waals surface area contributed by atoms with E-state index in [1.807, 2.05) is 13.1 Å². The number of hydrogen-bond donors (Lipinski definition) is 2. The molecule has 0 unspecified atom stereocenters. The largest absolute Gasteiger partial charge is 0.508 e. The van der Waals surface area contributed by atoms with Gasteiger partial charge in [0.2, 0.25) is 0 Å². The van der Waals surface area contributed by atoms with Gasteiger partial charge in [0.1, 0.15) is 5.75 Å². The van der Waals surface area contributed by atoms with Crippen LogP contribution in [0.2, 0.25) is 0 Å². The number of thioether (sulfide) groups is 1. The summed E-state index contributed by atoms with van der Waals surface area (Å²) in [6.45, 7) is 1.71. The average molecular weight is 604 g/mol. The molecule has 2 aromatic carbocycles. The maximum Gasteiger partial charge on any atom is 0.453 e. The predicted molar refractivity (Wildman–Crippen MR) is 154 cm³/mol. The molecule has 2 N–H and O–H groups in total. The highest BCUT2D eigenvalue weighted by atomic mass is 32.2. The number of allylic oxidation sites excluding steroid dienone is 2. The molecular weight excluding hydrogens is 564 g/mol. The molecule has 0 aromatic heterocycles. The lowest BCUT2D eigenvalue weighted by molar-refractivity contribution is -0.284. The van der Waals surface area contributed by atoms with Gasteiger partial charge in [-0.15, -0.1) is 0 Å². The standard InChI is InChI=1S/C31H39F6NO2S/c1-38(17-7-19-41-18-6-15-30(33,34)31(35,36)37)16-4-2-3-9-27-25(23-11-14-29(40)28(32)21-23)10-5-8-22-20-24(39)12-13-26(22)27/h11-14,20-21,39-40H,2-10,15-19H2,1H3. The van der Waals surface area contributed by atoms with Gasteiger partial charge in [0.15, 0.2) is 11.6 Å². The minimum absolute atomic E-state index is 0.168. The molecule has 41 heavy (non-hydrogen) atoms. The summed E-state index contributed by atoms with van der Waals surface area (Å²) in [7, 11) is 2.02. The number of nitrogens with zero attached hydrogens (tertiary/aromatic N) is 1. The van der Waals surface area contributed by atoms with E-state index >= 15 is 0 Å². The quantitative estimate of drug-likeness (QED) is 0.157. The summed E-state index contributed by atoms with van der Waals surface area (Å²) >= 11 is 1.41. The first-order valence-electron chi connectivity index (χ1n) is 14.1. The summed E-state index contributed by atoms with van der Waals surface area (Å²) < 4.78 is 76.7. The van der Waals surface area contributed by atoms with E-state index in [4.69, 9.17) is 0 Å². The van der Waals surface area contributed by atoms with E-state index in [9.17, 15) is 36.6 Å². The Morgan fingerprint density at radius 1 is 0.854 bits per heavy atom. The Kier molecular flexibility index (Phi) is 12.3. The lowest BCUT2D eigenvalue weighted by Crippen LogP contribution is -2.36. The van der Waals surface area contributed by atoms with Gasteiger partial charge in [-0.2, -0.15) is 33.7 Å². The van der Waals surface area contributed by atoms with Crippen molar-refractivity contribution in [2.45, 2.75) is 76.3 Å². The molecule has 0 heterocycles. The molecule has 2 aromatic rings. The fourth-order valence-corrected chi connectivity index (χ4v) is 6.08. The lowest BCUT2D eigenvalue weighted by atomic mass is 9.89. The Morgan fingerprint density at radius 3 is 2.32 bits per heavy atom. The number of hydrogen-bond acceptors (Lipinski definition) is 4. The molecule has 228 valence electrons. The van der Waals surface area contributed by atoms with Crippen LogP contribution in [-0.2, 0) is 6.42 Å². The Labute approximate surface area is 242 Å². The number of alkyl halides is 5. The van der Waals surface area contributed by atoms with E-state index in [0.29, 0.717) is 5.75 Å². The van der Waals surface area contributed by atoms with Crippen molar-refractivity contribution in [2.24, 2.45) is 0 Å². The zero-order valence-electron chi connectivity index (χ0n) is 23.4. The molecule has 3 rings (SSSR count). The summed E-state index contributed by atoms with van der Waals surface area (Å²) in [5.74, 6) is -4.40. The number of unbranched alkanes of at least 4 members (excludes halogenated alkanes) is 2. The Morgan fingerprint density at radius 2 is 1.59 bits per heavy atom. The molecule has 1 aliphatic rings. The number of rotatable bonds is 15. The van der Waals surface area contributed by atoms with Crippen LogP contribution >= 0.6 is 11.8 Å². The van der Waals surface area contributed by atoms with Crippen molar-refractivity contribution < 1.29 is 36.6 Å². The lowest BCUT2D eigenvalue weighted by Gasteiger charge is -2.19. The van der Waals surface area contributed by atoms with Crippen LogP contribution in [0.3, 0.4) is 0 Å². The number of aryl methyl sites for hydroxylation is 1. The molecule has 0 saturated carbocycles. The van der Waals surface area contributed by atoms with Crippen molar-refractivity contribution in [3.8, 4) is 11.5 Å². The average Bonchev–Trinajstić information content (AvgIpc) is 3.07. The van der Waals surface area contributed by atoms with Crippen LogP contribution in [0.1, 0.15) is 74.5 Å². The van der Waals surface area contributed by atoms with Gasteiger partial charge in [-0.3, -0.25) is 0 Å². The molecule has 1 aliphatic carbocycles. The molecule has 3 nitrogen and oxygen atoms in total. The molecule has 0 spiro atoms. The maximum atomic E-state index is 14.2. The van der Waals surface area contributed by atoms with Gasteiger partial charge < -0.3 is 15.1 Å². The third kappa shape index (κ3) is 9.87. The van der Waals surface area contributed by atoms with Gasteiger partial charge >= 0.3 is 12.1 Å². The highest BCUT2D eigenvalue weighted by molar-refractivity contribution is 7.99. The van der Waals surface area contributed by atoms with E-state index in [-0.39, 0.29) is 23.7 Å². The van der Waals surface area contributed by atoms with Crippen molar-refractivity contribution in [1.29, 1.82) is 0 Å². The fraction of sp³-hybridized carbons (Fsp3) is 0.548. The van der Waals surface area contributed by atoms with Crippen LogP contribution in [0.5, 0.6) is 11.5 Å². The van der Waals surface area contributed by atoms with E-state index in [2.05, 4.69) is 4.90 Å². The Bertz CT molecular complexity index is 1170. The zero-order chi connectivity index (χ0) is 30.0. The first-order valence-corrected chi connectivity index (χ1v) is 15.3. The molecular formula is C31H39F6NO2S. The van der Waals surface area contributed by atoms with Gasteiger partial charge in [0.05, 0.1) is 0 Å². The summed E-state index contributed by atoms with van der Waals surface area (Å²) in [5, 5.41) is 19.7. The van der Waals surface area contributed by atoms with Gasteiger partial charge in [-0.1, -0.05) is 18.6 Å². The molecule has 0 bridgehead atoms. The molecule has 10 heteroatoms. The molecule has 0 amide bonds. The van der Waals surface area contributed by atoms with Crippen molar-refractivity contribution >= 4 is 22.9 Å². The van der Waals surface area contributed by atoms with Crippen molar-refractivity contribution in [3.05, 3.63) is 58.9 Å². The minimum Gasteiger partial charge on any atom is -0.508 e. The second kappa shape index (κ2) is 15.2. The number of phenols is 2. The highest BCUT2D eigenvalue weighted by Crippen LogP contribution is 2.41. The Hall–Kier alpha value is -2.33. The molecule has 0 atom stereocenters. The molecule has 0 radical (unpaired) electrons. The maximum absolute atomic E-state index is 14.2. The third-order valence-electron chi connectivity index (χ3n) is 7.44. The summed E-state index contributed by atoms with van der Waals surface area (Å²) in [5.41, 5.74) is 5.16. The van der Waals surface area contributed by atoms with E-state index in [0.717, 1.165) is 92.3 Å². The van der Waals surface area contributed by atoms with Crippen molar-refractivity contribution in [2.75, 3.05) is 31.6 Å². The normalized spacial score (nSPS) is 14.4. The number of phenolic OH excluding ortho intramolecular Hbond substituents is 2. The Balaban J connectivity index is 1.45. The first kappa shape index (κ1) is 33.2. The predicted octanol–water partition coefficient (Wildman–Crippen LogP) is 9.08. The van der Waals surface area contributed by atoms with Crippen molar-refractivity contribution in [1.82, 2.24) is 4.90 Å². The second-order valence-electron chi connectivity index (χ2n) is 10.7. The molecule has 0 aliphatic heterocycles. The fourth-order valence-electron chi connectivity index (χ4n) is 5.20. The molecule has 0 fully saturated rings. The first-order chi connectivity index (χ1) is 19.4. The third-order valence-corrected chi connectivity index (χ3v) is 8.59. The van der Waals surface area contributed by atoms with E-state index < -0.39 is 24.3 Å². The SMILES string of the molecule is CN(CCCCCC1=C(c2ccc(O)c(F)c2)CCCc2cc(O)ccc21)CCCSCCCC(F)(F)C(F)(F)F. The number of aromatic hydroxyl groups is 2. The van der Waals surface area contributed by atoms with Crippen LogP contribution in [0.25, 0.3) is 11.1 Å². The number of fused-ring (bicyclic) bond motifs is 1. The summed E-state index contributed by atoms with van der Waals surface area (Å²) in [6.07, 6.45) is 0.211. The van der Waals surface area contributed by atoms with E-state index in [1.54, 1.807) is 18.2 Å². The zero-order valence-corrected chi connectivity index (χ0v) is 24.2. The van der Waals surface area contributed by atoms with Crippen LogP contribution in [0, 0.1) is 5.82 Å². The van der Waals surface area contributed by atoms with Crippen molar-refractivity contribution in [3.63, 3.8) is 0 Å². The van der Waals surface area contributed by atoms with Gasteiger partial charge in [0, 0.05) is 6.42 Å². The summed E-state index contributed by atoms with van der Waals surface area (Å²) in [6, 6.07) is 9.96. The molecule has 0 saturated heterocycles. The van der Waals surface area contributed by atoms with E-state index in [1.165, 1.54) is 23.9 Å². The monoisotopic (exact) mass is 603 g/mol. The minimum atomic E-state index is -5.48. The van der Waals surface area contributed by atoms with Crippen LogP contribution in [-0.4, -0.2) is 58.9 Å². The number of halogens is 6. The number of benzene rings is 2. The second-order valence-corrected chi connectivity index (χ2v) is 11.9. The smallest absolute Gasteiger partial charge is 0.453 e. The van der Waals surface area contributed by atoms with Gasteiger partial charge in [0.25, 0.3) is 0 Å². The van der Waals surface area contributed by atoms with Crippen LogP contribution in [0.15, 0.2) is 36.4 Å². The topological polar surface area (TPSA) is 43.7 Å². The summed E-state index contributed by atoms with van der Waals surface area (Å²) in [4.78, 5) is 2.20. The van der Waals surface area contributed by atoms with Gasteiger partial charge in [-0.05, 0) is 135 Å².